The fraction of sp³-hybridized carbons (Fsp3) is 0.500. The third-order valence-electron chi connectivity index (χ3n) is 5.23. The van der Waals surface area contributed by atoms with Gasteiger partial charge in [0, 0.05) is 76.5 Å². The number of aryl methyl sites for hydroxylation is 2. The van der Waals surface area contributed by atoms with E-state index in [1.807, 2.05) is 13.2 Å². The summed E-state index contributed by atoms with van der Waals surface area (Å²) in [5.74, 6) is 1.89. The molecule has 0 aliphatic carbocycles. The molecule has 3 aromatic heterocycles. The number of hydrogen-bond donors (Lipinski definition) is 1. The molecule has 0 radical (unpaired) electrons. The lowest BCUT2D eigenvalue weighted by atomic mass is 10.3. The molecule has 1 N–H and O–H groups in total. The predicted octanol–water partition coefficient (Wildman–Crippen LogP) is 2.61. The molecule has 0 amide bonds. The lowest BCUT2D eigenvalue weighted by Crippen LogP contribution is -2.52. The number of halogens is 1. The van der Waals surface area contributed by atoms with Crippen molar-refractivity contribution in [2.75, 3.05) is 44.7 Å². The van der Waals surface area contributed by atoms with Gasteiger partial charge in [-0.25, -0.2) is 9.97 Å². The molecule has 0 saturated carbocycles. The quantitative estimate of drug-likeness (QED) is 0.305. The van der Waals surface area contributed by atoms with Gasteiger partial charge >= 0.3 is 0 Å². The number of rotatable bonds is 5. The highest BCUT2D eigenvalue weighted by Crippen LogP contribution is 2.19. The van der Waals surface area contributed by atoms with Gasteiger partial charge in [0.25, 0.3) is 0 Å². The Bertz CT molecular complexity index is 990. The molecule has 1 aliphatic rings. The van der Waals surface area contributed by atoms with E-state index in [-0.39, 0.29) is 24.0 Å². The Balaban J connectivity index is 0.00000256. The summed E-state index contributed by atoms with van der Waals surface area (Å²) in [6.45, 7) is 8.72. The average Bonchev–Trinajstić information content (AvgIpc) is 3.39. The maximum Gasteiger partial charge on any atom is 0.205 e. The number of aliphatic imine (C=N–C) groups is 1. The number of hydrogen-bond acceptors (Lipinski definition) is 6. The number of imidazole rings is 1. The van der Waals surface area contributed by atoms with Gasteiger partial charge in [0.2, 0.25) is 5.13 Å². The summed E-state index contributed by atoms with van der Waals surface area (Å²) in [4.78, 5) is 18.5. The second kappa shape index (κ2) is 10.4. The minimum atomic E-state index is 0. The maximum atomic E-state index is 4.75. The standard InChI is InChI=1S/C20H28N8S.HI/c1-4-17-24-20(29-25-17)27-12-10-26(11-13-27)19(21-3)22-8-7-16-14-28-9-5-6-15(2)18(28)23-16;/h5-6,9,14H,4,7-8,10-13H2,1-3H3,(H,21,22);1H. The molecule has 0 bridgehead atoms. The molecule has 0 unspecified atom stereocenters. The summed E-state index contributed by atoms with van der Waals surface area (Å²) in [7, 11) is 1.85. The molecule has 1 fully saturated rings. The first kappa shape index (κ1) is 22.7. The Labute approximate surface area is 198 Å². The number of piperazine rings is 1. The third kappa shape index (κ3) is 5.02. The lowest BCUT2D eigenvalue weighted by molar-refractivity contribution is 0.372. The van der Waals surface area contributed by atoms with Crippen LogP contribution in [0, 0.1) is 6.92 Å². The summed E-state index contributed by atoms with van der Waals surface area (Å²) >= 11 is 1.50. The molecule has 8 nitrogen and oxygen atoms in total. The molecule has 1 saturated heterocycles. The topological polar surface area (TPSA) is 74.0 Å². The van der Waals surface area contributed by atoms with Crippen LogP contribution < -0.4 is 10.2 Å². The van der Waals surface area contributed by atoms with Gasteiger partial charge in [-0.1, -0.05) is 13.0 Å². The number of anilines is 1. The van der Waals surface area contributed by atoms with Crippen molar-refractivity contribution in [3.05, 3.63) is 41.6 Å². The molecule has 3 aromatic rings. The molecular formula is C20H29IN8S. The van der Waals surface area contributed by atoms with E-state index in [0.717, 1.165) is 73.8 Å². The fourth-order valence-corrected chi connectivity index (χ4v) is 4.39. The molecule has 162 valence electrons. The maximum absolute atomic E-state index is 4.75. The van der Waals surface area contributed by atoms with Crippen molar-refractivity contribution in [1.82, 2.24) is 29.0 Å². The number of nitrogens with zero attached hydrogens (tertiary/aromatic N) is 7. The average molecular weight is 540 g/mol. The van der Waals surface area contributed by atoms with Crippen LogP contribution in [0.3, 0.4) is 0 Å². The van der Waals surface area contributed by atoms with E-state index in [4.69, 9.17) is 4.98 Å². The number of aromatic nitrogens is 4. The Morgan fingerprint density at radius 2 is 2.03 bits per heavy atom. The summed E-state index contributed by atoms with van der Waals surface area (Å²) < 4.78 is 6.50. The van der Waals surface area contributed by atoms with Crippen LogP contribution in [0.2, 0.25) is 0 Å². The van der Waals surface area contributed by atoms with E-state index >= 15 is 0 Å². The van der Waals surface area contributed by atoms with Crippen LogP contribution in [0.1, 0.15) is 24.0 Å². The van der Waals surface area contributed by atoms with Crippen LogP contribution >= 0.6 is 35.5 Å². The summed E-state index contributed by atoms with van der Waals surface area (Å²) in [6, 6.07) is 4.15. The van der Waals surface area contributed by atoms with Gasteiger partial charge in [0.15, 0.2) is 5.96 Å². The molecule has 0 atom stereocenters. The number of guanidine groups is 1. The number of pyridine rings is 1. The zero-order valence-electron chi connectivity index (χ0n) is 17.7. The van der Waals surface area contributed by atoms with Crippen LogP contribution in [0.25, 0.3) is 5.65 Å². The highest BCUT2D eigenvalue weighted by atomic mass is 127. The van der Waals surface area contributed by atoms with Crippen molar-refractivity contribution in [2.24, 2.45) is 4.99 Å². The van der Waals surface area contributed by atoms with Crippen LogP contribution in [0.5, 0.6) is 0 Å². The summed E-state index contributed by atoms with van der Waals surface area (Å²) in [5, 5.41) is 4.53. The van der Waals surface area contributed by atoms with Crippen LogP contribution in [0.15, 0.2) is 29.5 Å². The second-order valence-corrected chi connectivity index (χ2v) is 7.93. The number of nitrogens with one attached hydrogen (secondary N) is 1. The Hall–Kier alpha value is -1.95. The van der Waals surface area contributed by atoms with Crippen LogP contribution in [-0.2, 0) is 12.8 Å². The Morgan fingerprint density at radius 1 is 1.23 bits per heavy atom. The van der Waals surface area contributed by atoms with E-state index in [2.05, 4.69) is 66.0 Å². The molecule has 10 heteroatoms. The monoisotopic (exact) mass is 540 g/mol. The van der Waals surface area contributed by atoms with Gasteiger partial charge in [-0.2, -0.15) is 4.37 Å². The third-order valence-corrected chi connectivity index (χ3v) is 6.04. The first-order valence-corrected chi connectivity index (χ1v) is 10.9. The smallest absolute Gasteiger partial charge is 0.205 e. The normalized spacial score (nSPS) is 14.8. The lowest BCUT2D eigenvalue weighted by Gasteiger charge is -2.36. The SMILES string of the molecule is CCc1nsc(N2CCN(C(=NC)NCCc3cn4cccc(C)c4n3)CC2)n1.I. The summed E-state index contributed by atoms with van der Waals surface area (Å²) in [5.41, 5.74) is 3.32. The van der Waals surface area contributed by atoms with Crippen molar-refractivity contribution in [1.29, 1.82) is 0 Å². The molecule has 4 heterocycles. The fourth-order valence-electron chi connectivity index (χ4n) is 3.59. The van der Waals surface area contributed by atoms with Crippen LogP contribution in [0.4, 0.5) is 5.13 Å². The molecule has 0 aromatic carbocycles. The first-order valence-electron chi connectivity index (χ1n) is 10.1. The van der Waals surface area contributed by atoms with Gasteiger partial charge in [0.1, 0.15) is 11.5 Å². The molecule has 30 heavy (non-hydrogen) atoms. The van der Waals surface area contributed by atoms with Crippen LogP contribution in [-0.4, -0.2) is 69.4 Å². The largest absolute Gasteiger partial charge is 0.356 e. The van der Waals surface area contributed by atoms with E-state index in [1.165, 1.54) is 17.1 Å². The zero-order valence-corrected chi connectivity index (χ0v) is 20.9. The van der Waals surface area contributed by atoms with E-state index in [9.17, 15) is 0 Å². The Morgan fingerprint density at radius 3 is 2.70 bits per heavy atom. The van der Waals surface area contributed by atoms with Crippen molar-refractivity contribution >= 4 is 52.2 Å². The van der Waals surface area contributed by atoms with Crippen molar-refractivity contribution in [3.8, 4) is 0 Å². The minimum absolute atomic E-state index is 0. The first-order chi connectivity index (χ1) is 14.2. The molecule has 1 aliphatic heterocycles. The van der Waals surface area contributed by atoms with E-state index < -0.39 is 0 Å². The Kier molecular flexibility index (Phi) is 7.87. The summed E-state index contributed by atoms with van der Waals surface area (Å²) in [6.07, 6.45) is 5.91. The highest BCUT2D eigenvalue weighted by molar-refractivity contribution is 14.0. The van der Waals surface area contributed by atoms with Crippen molar-refractivity contribution < 1.29 is 0 Å². The second-order valence-electron chi connectivity index (χ2n) is 7.20. The van der Waals surface area contributed by atoms with Crippen molar-refractivity contribution in [3.63, 3.8) is 0 Å². The van der Waals surface area contributed by atoms with Gasteiger partial charge in [0.05, 0.1) is 5.69 Å². The zero-order chi connectivity index (χ0) is 20.2. The van der Waals surface area contributed by atoms with Crippen molar-refractivity contribution in [2.45, 2.75) is 26.7 Å². The molecule has 4 rings (SSSR count). The van der Waals surface area contributed by atoms with Gasteiger partial charge in [-0.15, -0.1) is 24.0 Å². The van der Waals surface area contributed by atoms with Gasteiger partial charge < -0.3 is 19.5 Å². The predicted molar refractivity (Wildman–Crippen MR) is 133 cm³/mol. The van der Waals surface area contributed by atoms with Gasteiger partial charge in [-0.05, 0) is 18.6 Å². The van der Waals surface area contributed by atoms with E-state index in [0.29, 0.717) is 0 Å². The highest BCUT2D eigenvalue weighted by Gasteiger charge is 2.22. The minimum Gasteiger partial charge on any atom is -0.356 e. The molecular weight excluding hydrogens is 511 g/mol. The number of fused-ring (bicyclic) bond motifs is 1. The molecule has 0 spiro atoms. The van der Waals surface area contributed by atoms with E-state index in [1.54, 1.807) is 0 Å². The van der Waals surface area contributed by atoms with Gasteiger partial charge in [-0.3, -0.25) is 4.99 Å².